The van der Waals surface area contributed by atoms with Gasteiger partial charge >= 0.3 is 0 Å². The van der Waals surface area contributed by atoms with E-state index in [1.165, 1.54) is 19.4 Å². The second-order valence-corrected chi connectivity index (χ2v) is 5.81. The van der Waals surface area contributed by atoms with Gasteiger partial charge in [0, 0.05) is 31.7 Å². The molecule has 1 aromatic rings. The Morgan fingerprint density at radius 1 is 1.44 bits per heavy atom. The number of rotatable bonds is 3. The number of aryl methyl sites for hydroxylation is 2. The fourth-order valence-electron chi connectivity index (χ4n) is 2.73. The summed E-state index contributed by atoms with van der Waals surface area (Å²) < 4.78 is 1.76. The highest BCUT2D eigenvalue weighted by molar-refractivity contribution is 6.30. The Bertz CT molecular complexity index is 415. The van der Waals surface area contributed by atoms with Crippen molar-refractivity contribution < 1.29 is 0 Å². The molecule has 2 heterocycles. The summed E-state index contributed by atoms with van der Waals surface area (Å²) in [5, 5.41) is 5.14. The Hall–Kier alpha value is -0.580. The fraction of sp³-hybridized carbons (Fsp3) is 0.769. The molecule has 0 amide bonds. The number of likely N-dealkylation sites (tertiary alicyclic amines) is 1. The molecule has 18 heavy (non-hydrogen) atoms. The van der Waals surface area contributed by atoms with Gasteiger partial charge in [0.2, 0.25) is 0 Å². The van der Waals surface area contributed by atoms with Crippen molar-refractivity contribution in [2.45, 2.75) is 32.4 Å². The van der Waals surface area contributed by atoms with Crippen LogP contribution in [0.2, 0.25) is 5.15 Å². The van der Waals surface area contributed by atoms with Crippen LogP contribution in [0.5, 0.6) is 0 Å². The van der Waals surface area contributed by atoms with E-state index in [1.807, 2.05) is 14.0 Å². The van der Waals surface area contributed by atoms with Gasteiger partial charge in [0.15, 0.2) is 0 Å². The lowest BCUT2D eigenvalue weighted by molar-refractivity contribution is 0.129. The van der Waals surface area contributed by atoms with Crippen LogP contribution in [0, 0.1) is 6.92 Å². The average molecular weight is 271 g/mol. The molecule has 0 aromatic carbocycles. The Morgan fingerprint density at radius 3 is 2.72 bits per heavy atom. The summed E-state index contributed by atoms with van der Waals surface area (Å²) in [4.78, 5) is 4.81. The molecule has 1 fully saturated rings. The van der Waals surface area contributed by atoms with Gasteiger partial charge in [-0.05, 0) is 40.4 Å². The van der Waals surface area contributed by atoms with E-state index in [9.17, 15) is 0 Å². The molecule has 0 saturated carbocycles. The van der Waals surface area contributed by atoms with Crippen molar-refractivity contribution >= 4 is 11.6 Å². The number of piperidine rings is 1. The highest BCUT2D eigenvalue weighted by Gasteiger charge is 2.23. The lowest BCUT2D eigenvalue weighted by Gasteiger charge is -2.35. The first-order chi connectivity index (χ1) is 8.49. The first kappa shape index (κ1) is 13.8. The van der Waals surface area contributed by atoms with E-state index in [0.29, 0.717) is 6.04 Å². The SMILES string of the molecule is Cc1nn(C)c(Cl)c1CN(C)C1CCCN(C)C1. The molecule has 0 radical (unpaired) electrons. The summed E-state index contributed by atoms with van der Waals surface area (Å²) in [6.07, 6.45) is 2.56. The van der Waals surface area contributed by atoms with Gasteiger partial charge in [-0.2, -0.15) is 5.10 Å². The van der Waals surface area contributed by atoms with Gasteiger partial charge in [0.05, 0.1) is 5.69 Å². The highest BCUT2D eigenvalue weighted by atomic mass is 35.5. The molecule has 1 aliphatic heterocycles. The van der Waals surface area contributed by atoms with Crippen molar-refractivity contribution in [3.63, 3.8) is 0 Å². The van der Waals surface area contributed by atoms with Crippen LogP contribution >= 0.6 is 11.6 Å². The lowest BCUT2D eigenvalue weighted by Crippen LogP contribution is -2.44. The zero-order valence-corrected chi connectivity index (χ0v) is 12.5. The Balaban J connectivity index is 2.04. The minimum absolute atomic E-state index is 0.624. The third kappa shape index (κ3) is 2.87. The van der Waals surface area contributed by atoms with Crippen LogP contribution in [-0.4, -0.2) is 52.8 Å². The third-order valence-electron chi connectivity index (χ3n) is 3.90. The van der Waals surface area contributed by atoms with Crippen LogP contribution in [0.15, 0.2) is 0 Å². The zero-order chi connectivity index (χ0) is 13.3. The van der Waals surface area contributed by atoms with Crippen molar-refractivity contribution in [1.82, 2.24) is 19.6 Å². The topological polar surface area (TPSA) is 24.3 Å². The monoisotopic (exact) mass is 270 g/mol. The third-order valence-corrected chi connectivity index (χ3v) is 4.37. The highest BCUT2D eigenvalue weighted by Crippen LogP contribution is 2.22. The quantitative estimate of drug-likeness (QED) is 0.839. The molecule has 1 saturated heterocycles. The van der Waals surface area contributed by atoms with Gasteiger partial charge in [-0.3, -0.25) is 9.58 Å². The van der Waals surface area contributed by atoms with Gasteiger partial charge in [-0.15, -0.1) is 0 Å². The van der Waals surface area contributed by atoms with Crippen molar-refractivity contribution in [2.75, 3.05) is 27.2 Å². The van der Waals surface area contributed by atoms with E-state index >= 15 is 0 Å². The summed E-state index contributed by atoms with van der Waals surface area (Å²) in [5.41, 5.74) is 2.20. The number of hydrogen-bond acceptors (Lipinski definition) is 3. The minimum Gasteiger partial charge on any atom is -0.305 e. The number of hydrogen-bond donors (Lipinski definition) is 0. The van der Waals surface area contributed by atoms with E-state index in [4.69, 9.17) is 11.6 Å². The normalized spacial score (nSPS) is 21.8. The number of aromatic nitrogens is 2. The Morgan fingerprint density at radius 2 is 2.17 bits per heavy atom. The lowest BCUT2D eigenvalue weighted by atomic mass is 10.0. The molecule has 0 bridgehead atoms. The molecule has 0 aliphatic carbocycles. The van der Waals surface area contributed by atoms with Crippen LogP contribution in [-0.2, 0) is 13.6 Å². The maximum atomic E-state index is 6.29. The van der Waals surface area contributed by atoms with Crippen molar-refractivity contribution in [3.05, 3.63) is 16.4 Å². The van der Waals surface area contributed by atoms with Gasteiger partial charge in [-0.1, -0.05) is 11.6 Å². The zero-order valence-electron chi connectivity index (χ0n) is 11.8. The van der Waals surface area contributed by atoms with E-state index in [2.05, 4.69) is 29.0 Å². The molecule has 1 unspecified atom stereocenters. The van der Waals surface area contributed by atoms with Crippen molar-refractivity contribution in [1.29, 1.82) is 0 Å². The molecule has 1 aromatic heterocycles. The average Bonchev–Trinajstić information content (AvgIpc) is 2.56. The maximum absolute atomic E-state index is 6.29. The van der Waals surface area contributed by atoms with Crippen LogP contribution in [0.25, 0.3) is 0 Å². The molecule has 1 atom stereocenters. The van der Waals surface area contributed by atoms with E-state index in [0.717, 1.165) is 29.5 Å². The summed E-state index contributed by atoms with van der Waals surface area (Å²) >= 11 is 6.29. The van der Waals surface area contributed by atoms with Crippen LogP contribution < -0.4 is 0 Å². The fourth-order valence-corrected chi connectivity index (χ4v) is 2.97. The van der Waals surface area contributed by atoms with Gasteiger partial charge in [0.25, 0.3) is 0 Å². The van der Waals surface area contributed by atoms with Gasteiger partial charge in [-0.25, -0.2) is 0 Å². The predicted molar refractivity (Wildman–Crippen MR) is 74.9 cm³/mol. The van der Waals surface area contributed by atoms with Gasteiger partial charge in [0.1, 0.15) is 5.15 Å². The molecule has 102 valence electrons. The Kier molecular flexibility index (Phi) is 4.30. The van der Waals surface area contributed by atoms with Crippen LogP contribution in [0.1, 0.15) is 24.1 Å². The molecule has 4 nitrogen and oxygen atoms in total. The minimum atomic E-state index is 0.624. The second kappa shape index (κ2) is 5.59. The molecular formula is C13H23ClN4. The standard InChI is InChI=1S/C13H23ClN4/c1-10-12(13(14)18(4)15-10)9-17(3)11-6-5-7-16(2)8-11/h11H,5-9H2,1-4H3. The van der Waals surface area contributed by atoms with Crippen LogP contribution in [0.3, 0.4) is 0 Å². The number of likely N-dealkylation sites (N-methyl/N-ethyl adjacent to an activating group) is 2. The second-order valence-electron chi connectivity index (χ2n) is 5.45. The molecule has 2 rings (SSSR count). The first-order valence-electron chi connectivity index (χ1n) is 6.55. The number of nitrogens with zero attached hydrogens (tertiary/aromatic N) is 4. The smallest absolute Gasteiger partial charge is 0.131 e. The molecule has 1 aliphatic rings. The molecule has 0 spiro atoms. The van der Waals surface area contributed by atoms with Crippen molar-refractivity contribution in [3.8, 4) is 0 Å². The molecule has 5 heteroatoms. The van der Waals surface area contributed by atoms with E-state index in [-0.39, 0.29) is 0 Å². The van der Waals surface area contributed by atoms with Crippen molar-refractivity contribution in [2.24, 2.45) is 7.05 Å². The predicted octanol–water partition coefficient (Wildman–Crippen LogP) is 1.91. The summed E-state index contributed by atoms with van der Waals surface area (Å²) in [7, 11) is 6.28. The van der Waals surface area contributed by atoms with Crippen LogP contribution in [0.4, 0.5) is 0 Å². The maximum Gasteiger partial charge on any atom is 0.131 e. The number of halogens is 1. The van der Waals surface area contributed by atoms with E-state index < -0.39 is 0 Å². The summed E-state index contributed by atoms with van der Waals surface area (Å²) in [6.45, 7) is 5.28. The summed E-state index contributed by atoms with van der Waals surface area (Å²) in [6, 6.07) is 0.624. The largest absolute Gasteiger partial charge is 0.305 e. The van der Waals surface area contributed by atoms with E-state index in [1.54, 1.807) is 4.68 Å². The Labute approximate surface area is 115 Å². The summed E-state index contributed by atoms with van der Waals surface area (Å²) in [5.74, 6) is 0. The molecule has 0 N–H and O–H groups in total. The first-order valence-corrected chi connectivity index (χ1v) is 6.93. The van der Waals surface area contributed by atoms with Gasteiger partial charge < -0.3 is 4.90 Å². The molecular weight excluding hydrogens is 248 g/mol.